The Balaban J connectivity index is 1.31. The van der Waals surface area contributed by atoms with E-state index in [2.05, 4.69) is 20.7 Å². The summed E-state index contributed by atoms with van der Waals surface area (Å²) in [4.78, 5) is 33.2. The molecule has 18 heteroatoms. The molecule has 0 saturated heterocycles. The number of aromatic nitrogens is 2. The number of nitrogens with one attached hydrogen (secondary N) is 1. The number of benzene rings is 3. The first-order valence-corrected chi connectivity index (χ1v) is 14.1. The maximum Gasteiger partial charge on any atom is 0.318 e. The second-order valence-corrected chi connectivity index (χ2v) is 10.1. The van der Waals surface area contributed by atoms with Gasteiger partial charge in [0.2, 0.25) is 5.75 Å². The van der Waals surface area contributed by atoms with Gasteiger partial charge >= 0.3 is 5.69 Å². The molecule has 228 valence electrons. The fourth-order valence-corrected chi connectivity index (χ4v) is 4.39. The average Bonchev–Trinajstić information content (AvgIpc) is 3.45. The molecule has 4 rings (SSSR count). The number of carbonyl (C=O) groups is 1. The number of rotatable bonds is 14. The van der Waals surface area contributed by atoms with Crippen molar-refractivity contribution in [2.45, 2.75) is 18.8 Å². The number of hydrogen-bond acceptors (Lipinski definition) is 13. The summed E-state index contributed by atoms with van der Waals surface area (Å²) in [6.07, 6.45) is 1.35. The first kappa shape index (κ1) is 32.0. The molecule has 0 bridgehead atoms. The third kappa shape index (κ3) is 8.79. The summed E-state index contributed by atoms with van der Waals surface area (Å²) in [5, 5.41) is 35.0. The number of hydrogen-bond donors (Lipinski definition) is 1. The van der Waals surface area contributed by atoms with E-state index >= 15 is 0 Å². The summed E-state index contributed by atoms with van der Waals surface area (Å²) in [5.74, 6) is 0.184. The Hall–Kier alpha value is -4.93. The first-order valence-electron chi connectivity index (χ1n) is 12.4. The molecule has 1 amide bonds. The highest BCUT2D eigenvalue weighted by Crippen LogP contribution is 2.38. The van der Waals surface area contributed by atoms with E-state index in [0.717, 1.165) is 30.0 Å². The van der Waals surface area contributed by atoms with Gasteiger partial charge in [-0.1, -0.05) is 35.0 Å². The van der Waals surface area contributed by atoms with Crippen molar-refractivity contribution < 1.29 is 33.3 Å². The molecule has 3 aromatic carbocycles. The minimum atomic E-state index is -0.782. The molecule has 4 aromatic rings. The van der Waals surface area contributed by atoms with Crippen molar-refractivity contribution >= 4 is 58.5 Å². The van der Waals surface area contributed by atoms with Crippen LogP contribution in [-0.4, -0.2) is 44.5 Å². The van der Waals surface area contributed by atoms with Crippen molar-refractivity contribution in [3.63, 3.8) is 0 Å². The third-order valence-electron chi connectivity index (χ3n) is 5.26. The van der Waals surface area contributed by atoms with Crippen LogP contribution in [-0.2, 0) is 11.4 Å². The van der Waals surface area contributed by atoms with Crippen molar-refractivity contribution in [1.29, 1.82) is 0 Å². The Morgan fingerprint density at radius 1 is 1.00 bits per heavy atom. The molecule has 15 nitrogen and oxygen atoms in total. The summed E-state index contributed by atoms with van der Waals surface area (Å²) < 4.78 is 22.2. The monoisotopic (exact) mass is 662 g/mol. The molecule has 0 atom stereocenters. The molecule has 44 heavy (non-hydrogen) atoms. The van der Waals surface area contributed by atoms with Gasteiger partial charge in [-0.15, -0.1) is 10.2 Å². The number of nitro groups is 2. The fraction of sp³-hybridized carbons (Fsp3) is 0.154. The molecule has 0 radical (unpaired) electrons. The second kappa shape index (κ2) is 15.0. The van der Waals surface area contributed by atoms with Crippen LogP contribution in [0.2, 0.25) is 10.0 Å². The van der Waals surface area contributed by atoms with Gasteiger partial charge in [-0.3, -0.25) is 25.0 Å². The summed E-state index contributed by atoms with van der Waals surface area (Å²) in [5.41, 5.74) is 1.85. The molecule has 0 unspecified atom stereocenters. The van der Waals surface area contributed by atoms with Crippen LogP contribution in [0.15, 0.2) is 69.3 Å². The van der Waals surface area contributed by atoms with Crippen molar-refractivity contribution in [2.75, 3.05) is 12.4 Å². The molecule has 0 aliphatic rings. The quantitative estimate of drug-likeness (QED) is 0.0695. The van der Waals surface area contributed by atoms with Crippen LogP contribution >= 0.6 is 35.0 Å². The van der Waals surface area contributed by atoms with Crippen LogP contribution in [0.5, 0.6) is 23.0 Å². The standard InChI is InChI=1S/C26H20Cl2N6O9S/c1-2-40-23-9-15(3-6-22(23)42-21-8-5-17(33(36)37)11-19(21)34(38)39)12-29-30-24(35)14-44-26-32-31-25(43-26)13-41-20-7-4-16(27)10-18(20)28/h3-12H,2,13-14H2,1H3,(H,30,35)/b29-12-. The largest absolute Gasteiger partial charge is 0.490 e. The van der Waals surface area contributed by atoms with Crippen molar-refractivity contribution in [1.82, 2.24) is 15.6 Å². The average molecular weight is 663 g/mol. The molecule has 1 N–H and O–H groups in total. The summed E-state index contributed by atoms with van der Waals surface area (Å²) in [6.45, 7) is 1.93. The zero-order valence-corrected chi connectivity index (χ0v) is 24.8. The molecule has 0 aliphatic carbocycles. The lowest BCUT2D eigenvalue weighted by atomic mass is 10.2. The van der Waals surface area contributed by atoms with Gasteiger partial charge in [0, 0.05) is 11.1 Å². The molecule has 1 heterocycles. The van der Waals surface area contributed by atoms with E-state index in [1.165, 1.54) is 18.3 Å². The lowest BCUT2D eigenvalue weighted by Crippen LogP contribution is -2.19. The lowest BCUT2D eigenvalue weighted by Gasteiger charge is -2.12. The number of amides is 1. The van der Waals surface area contributed by atoms with Crippen LogP contribution < -0.4 is 19.6 Å². The molecular weight excluding hydrogens is 643 g/mol. The van der Waals surface area contributed by atoms with Crippen molar-refractivity contribution in [3.8, 4) is 23.0 Å². The summed E-state index contributed by atoms with van der Waals surface area (Å²) in [7, 11) is 0. The van der Waals surface area contributed by atoms with Gasteiger partial charge in [0.25, 0.3) is 22.7 Å². The number of ether oxygens (including phenoxy) is 3. The predicted molar refractivity (Wildman–Crippen MR) is 159 cm³/mol. The molecule has 0 saturated carbocycles. The van der Waals surface area contributed by atoms with Crippen LogP contribution in [0.1, 0.15) is 18.4 Å². The fourth-order valence-electron chi connectivity index (χ4n) is 3.35. The van der Waals surface area contributed by atoms with E-state index in [9.17, 15) is 25.0 Å². The van der Waals surface area contributed by atoms with Gasteiger partial charge in [-0.05, 0) is 55.0 Å². The van der Waals surface area contributed by atoms with Gasteiger partial charge in [0.1, 0.15) is 5.75 Å². The van der Waals surface area contributed by atoms with Crippen LogP contribution in [0.3, 0.4) is 0 Å². The van der Waals surface area contributed by atoms with Gasteiger partial charge in [-0.25, -0.2) is 5.43 Å². The number of nitro benzene ring substituents is 2. The summed E-state index contributed by atoms with van der Waals surface area (Å²) >= 11 is 12.9. The third-order valence-corrected chi connectivity index (χ3v) is 6.61. The minimum absolute atomic E-state index is 0.0380. The van der Waals surface area contributed by atoms with E-state index in [-0.39, 0.29) is 47.3 Å². The topological polar surface area (TPSA) is 194 Å². The number of hydrazone groups is 1. The second-order valence-electron chi connectivity index (χ2n) is 8.31. The maximum atomic E-state index is 12.2. The Bertz CT molecular complexity index is 1720. The molecular formula is C26H20Cl2N6O9S. The van der Waals surface area contributed by atoms with Gasteiger partial charge in [0.05, 0.1) is 39.5 Å². The van der Waals surface area contributed by atoms with Gasteiger partial charge in [0.15, 0.2) is 18.1 Å². The van der Waals surface area contributed by atoms with E-state index in [4.69, 9.17) is 41.8 Å². The Kier molecular flexibility index (Phi) is 10.9. The van der Waals surface area contributed by atoms with E-state index in [0.29, 0.717) is 21.4 Å². The van der Waals surface area contributed by atoms with Crippen LogP contribution in [0, 0.1) is 20.2 Å². The van der Waals surface area contributed by atoms with Crippen molar-refractivity contribution in [3.05, 3.63) is 96.3 Å². The van der Waals surface area contributed by atoms with Crippen LogP contribution in [0.25, 0.3) is 0 Å². The molecule has 0 aliphatic heterocycles. The zero-order valence-electron chi connectivity index (χ0n) is 22.5. The number of carbonyl (C=O) groups excluding carboxylic acids is 1. The van der Waals surface area contributed by atoms with E-state index in [1.54, 1.807) is 31.2 Å². The highest BCUT2D eigenvalue weighted by molar-refractivity contribution is 7.99. The SMILES string of the molecule is CCOc1cc(/C=N\NC(=O)CSc2nnc(COc3ccc(Cl)cc3Cl)o2)ccc1Oc1ccc([N+](=O)[O-])cc1[N+](=O)[O-]. The minimum Gasteiger partial charge on any atom is -0.490 e. The Morgan fingerprint density at radius 2 is 1.77 bits per heavy atom. The lowest BCUT2D eigenvalue weighted by molar-refractivity contribution is -0.394. The predicted octanol–water partition coefficient (Wildman–Crippen LogP) is 6.21. The highest BCUT2D eigenvalue weighted by Gasteiger charge is 2.22. The van der Waals surface area contributed by atoms with Crippen molar-refractivity contribution in [2.24, 2.45) is 5.10 Å². The smallest absolute Gasteiger partial charge is 0.318 e. The summed E-state index contributed by atoms with van der Waals surface area (Å²) in [6, 6.07) is 12.4. The molecule has 1 aromatic heterocycles. The van der Waals surface area contributed by atoms with Crippen LogP contribution in [0.4, 0.5) is 11.4 Å². The Morgan fingerprint density at radius 3 is 2.50 bits per heavy atom. The number of nitrogens with zero attached hydrogens (tertiary/aromatic N) is 5. The normalized spacial score (nSPS) is 10.9. The highest BCUT2D eigenvalue weighted by atomic mass is 35.5. The van der Waals surface area contributed by atoms with E-state index < -0.39 is 27.1 Å². The van der Waals surface area contributed by atoms with Gasteiger partial charge in [-0.2, -0.15) is 5.10 Å². The Labute approximate surface area is 262 Å². The molecule has 0 spiro atoms. The van der Waals surface area contributed by atoms with E-state index in [1.807, 2.05) is 0 Å². The number of halogens is 2. The maximum absolute atomic E-state index is 12.2. The number of non-ortho nitro benzene ring substituents is 1. The molecule has 0 fully saturated rings. The number of thioether (sulfide) groups is 1. The zero-order chi connectivity index (χ0) is 31.6. The first-order chi connectivity index (χ1) is 21.1. The van der Waals surface area contributed by atoms with Gasteiger partial charge < -0.3 is 18.6 Å².